The average molecular weight is 157 g/mol. The standard InChI is InChI=1S/C9H17O2/c1-9(2)5-4-6-11-8-7-10-3/h4-5H,6-8H2,1-3H3. The van der Waals surface area contributed by atoms with Crippen LogP contribution < -0.4 is 0 Å². The SMILES string of the molecule is COCCOC[CH]C=C(C)C. The molecule has 0 aliphatic heterocycles. The number of allylic oxidation sites excluding steroid dienone is 1. The summed E-state index contributed by atoms with van der Waals surface area (Å²) >= 11 is 0. The first-order valence-electron chi connectivity index (χ1n) is 3.80. The summed E-state index contributed by atoms with van der Waals surface area (Å²) in [5.74, 6) is 0. The maximum atomic E-state index is 5.20. The van der Waals surface area contributed by atoms with Gasteiger partial charge in [0.15, 0.2) is 0 Å². The van der Waals surface area contributed by atoms with E-state index >= 15 is 0 Å². The molecule has 0 saturated carbocycles. The summed E-state index contributed by atoms with van der Waals surface area (Å²) in [5.41, 5.74) is 1.29. The van der Waals surface area contributed by atoms with E-state index in [2.05, 4.69) is 13.8 Å². The van der Waals surface area contributed by atoms with Crippen molar-refractivity contribution in [3.05, 3.63) is 18.1 Å². The lowest BCUT2D eigenvalue weighted by molar-refractivity contribution is 0.0822. The number of rotatable bonds is 6. The van der Waals surface area contributed by atoms with Crippen molar-refractivity contribution in [3.8, 4) is 0 Å². The minimum Gasteiger partial charge on any atom is -0.382 e. The van der Waals surface area contributed by atoms with E-state index in [1.165, 1.54) is 5.57 Å². The predicted octanol–water partition coefficient (Wildman–Crippen LogP) is 1.82. The van der Waals surface area contributed by atoms with E-state index < -0.39 is 0 Å². The van der Waals surface area contributed by atoms with Crippen LogP contribution in [0.25, 0.3) is 0 Å². The fourth-order valence-electron chi connectivity index (χ4n) is 0.577. The molecule has 11 heavy (non-hydrogen) atoms. The lowest BCUT2D eigenvalue weighted by Gasteiger charge is -1.99. The van der Waals surface area contributed by atoms with Gasteiger partial charge < -0.3 is 9.47 Å². The molecule has 0 N–H and O–H groups in total. The van der Waals surface area contributed by atoms with Crippen LogP contribution in [0.3, 0.4) is 0 Å². The summed E-state index contributed by atoms with van der Waals surface area (Å²) in [7, 11) is 1.67. The van der Waals surface area contributed by atoms with Gasteiger partial charge in [-0.15, -0.1) is 0 Å². The average Bonchev–Trinajstić information content (AvgIpc) is 1.96. The molecule has 0 bridgehead atoms. The van der Waals surface area contributed by atoms with Crippen LogP contribution in [0, 0.1) is 6.42 Å². The molecule has 0 aliphatic carbocycles. The second-order valence-electron chi connectivity index (χ2n) is 2.55. The zero-order chi connectivity index (χ0) is 8.53. The van der Waals surface area contributed by atoms with Crippen molar-refractivity contribution in [3.63, 3.8) is 0 Å². The largest absolute Gasteiger partial charge is 0.382 e. The number of ether oxygens (including phenoxy) is 2. The first-order valence-corrected chi connectivity index (χ1v) is 3.80. The molecule has 0 aromatic heterocycles. The van der Waals surface area contributed by atoms with Gasteiger partial charge in [0.05, 0.1) is 19.8 Å². The minimum absolute atomic E-state index is 0.669. The van der Waals surface area contributed by atoms with Crippen molar-refractivity contribution < 1.29 is 9.47 Å². The molecule has 0 unspecified atom stereocenters. The Kier molecular flexibility index (Phi) is 7.52. The van der Waals surface area contributed by atoms with Gasteiger partial charge >= 0.3 is 0 Å². The Morgan fingerprint density at radius 3 is 2.55 bits per heavy atom. The highest BCUT2D eigenvalue weighted by molar-refractivity contribution is 5.02. The molecular formula is C9H17O2. The third kappa shape index (κ3) is 9.66. The molecule has 0 heterocycles. The zero-order valence-electron chi connectivity index (χ0n) is 7.59. The van der Waals surface area contributed by atoms with Crippen LogP contribution in [0.4, 0.5) is 0 Å². The van der Waals surface area contributed by atoms with Crippen molar-refractivity contribution in [2.75, 3.05) is 26.9 Å². The third-order valence-electron chi connectivity index (χ3n) is 1.10. The minimum atomic E-state index is 0.669. The van der Waals surface area contributed by atoms with Gasteiger partial charge in [-0.1, -0.05) is 11.6 Å². The van der Waals surface area contributed by atoms with E-state index in [1.54, 1.807) is 7.11 Å². The highest BCUT2D eigenvalue weighted by atomic mass is 16.5. The summed E-state index contributed by atoms with van der Waals surface area (Å²) in [5, 5.41) is 0. The molecule has 2 heteroatoms. The third-order valence-corrected chi connectivity index (χ3v) is 1.10. The van der Waals surface area contributed by atoms with E-state index in [9.17, 15) is 0 Å². The molecule has 1 radical (unpaired) electrons. The van der Waals surface area contributed by atoms with E-state index in [4.69, 9.17) is 9.47 Å². The van der Waals surface area contributed by atoms with Crippen molar-refractivity contribution in [2.24, 2.45) is 0 Å². The number of hydrogen-bond acceptors (Lipinski definition) is 2. The van der Waals surface area contributed by atoms with E-state index in [0.29, 0.717) is 19.8 Å². The fraction of sp³-hybridized carbons (Fsp3) is 0.667. The van der Waals surface area contributed by atoms with Crippen LogP contribution >= 0.6 is 0 Å². The Bertz CT molecular complexity index is 104. The van der Waals surface area contributed by atoms with Crippen LogP contribution in [0.2, 0.25) is 0 Å². The maximum Gasteiger partial charge on any atom is 0.0700 e. The highest BCUT2D eigenvalue weighted by Gasteiger charge is 1.85. The van der Waals surface area contributed by atoms with Crippen molar-refractivity contribution in [2.45, 2.75) is 13.8 Å². The molecule has 0 atom stereocenters. The van der Waals surface area contributed by atoms with Crippen LogP contribution in [-0.4, -0.2) is 26.9 Å². The maximum absolute atomic E-state index is 5.20. The monoisotopic (exact) mass is 157 g/mol. The molecule has 0 aromatic rings. The molecule has 0 aromatic carbocycles. The van der Waals surface area contributed by atoms with Gasteiger partial charge in [0, 0.05) is 13.5 Å². The molecular weight excluding hydrogens is 140 g/mol. The van der Waals surface area contributed by atoms with E-state index in [0.717, 1.165) is 0 Å². The van der Waals surface area contributed by atoms with Crippen LogP contribution in [0.15, 0.2) is 11.6 Å². The fourth-order valence-corrected chi connectivity index (χ4v) is 0.577. The second-order valence-corrected chi connectivity index (χ2v) is 2.55. The normalized spacial score (nSPS) is 9.73. The number of hydrogen-bond donors (Lipinski definition) is 0. The smallest absolute Gasteiger partial charge is 0.0700 e. The summed E-state index contributed by atoms with van der Waals surface area (Å²) in [6.45, 7) is 6.14. The Labute approximate surface area is 69.2 Å². The molecule has 65 valence electrons. The van der Waals surface area contributed by atoms with Crippen LogP contribution in [-0.2, 0) is 9.47 Å². The van der Waals surface area contributed by atoms with Gasteiger partial charge in [-0.25, -0.2) is 0 Å². The van der Waals surface area contributed by atoms with E-state index in [-0.39, 0.29) is 0 Å². The second kappa shape index (κ2) is 7.76. The molecule has 0 saturated heterocycles. The van der Waals surface area contributed by atoms with Gasteiger partial charge in [-0.05, 0) is 13.8 Å². The van der Waals surface area contributed by atoms with Crippen molar-refractivity contribution in [1.29, 1.82) is 0 Å². The molecule has 0 aliphatic rings. The summed E-state index contributed by atoms with van der Waals surface area (Å²) < 4.78 is 10.0. The van der Waals surface area contributed by atoms with E-state index in [1.807, 2.05) is 12.5 Å². The van der Waals surface area contributed by atoms with Crippen molar-refractivity contribution in [1.82, 2.24) is 0 Å². The molecule has 0 spiro atoms. The Balaban J connectivity index is 2.97. The predicted molar refractivity (Wildman–Crippen MR) is 46.4 cm³/mol. The van der Waals surface area contributed by atoms with Gasteiger partial charge in [-0.3, -0.25) is 0 Å². The van der Waals surface area contributed by atoms with Gasteiger partial charge in [-0.2, -0.15) is 0 Å². The molecule has 0 amide bonds. The lowest BCUT2D eigenvalue weighted by Crippen LogP contribution is -2.02. The summed E-state index contributed by atoms with van der Waals surface area (Å²) in [6, 6.07) is 0. The van der Waals surface area contributed by atoms with Gasteiger partial charge in [0.1, 0.15) is 0 Å². The highest BCUT2D eigenvalue weighted by Crippen LogP contribution is 1.91. The summed E-state index contributed by atoms with van der Waals surface area (Å²) in [4.78, 5) is 0. The molecule has 0 fully saturated rings. The Morgan fingerprint density at radius 2 is 2.00 bits per heavy atom. The lowest BCUT2D eigenvalue weighted by atomic mass is 10.3. The first-order chi connectivity index (χ1) is 5.27. The Morgan fingerprint density at radius 1 is 1.27 bits per heavy atom. The zero-order valence-corrected chi connectivity index (χ0v) is 7.59. The van der Waals surface area contributed by atoms with Crippen LogP contribution in [0.5, 0.6) is 0 Å². The molecule has 0 rings (SSSR count). The van der Waals surface area contributed by atoms with Crippen LogP contribution in [0.1, 0.15) is 13.8 Å². The summed E-state index contributed by atoms with van der Waals surface area (Å²) in [6.07, 6.45) is 4.05. The van der Waals surface area contributed by atoms with Gasteiger partial charge in [0.2, 0.25) is 0 Å². The van der Waals surface area contributed by atoms with Gasteiger partial charge in [0.25, 0.3) is 0 Å². The Hall–Kier alpha value is -0.340. The quantitative estimate of drug-likeness (QED) is 0.547. The molecule has 2 nitrogen and oxygen atoms in total. The topological polar surface area (TPSA) is 18.5 Å². The van der Waals surface area contributed by atoms with Crippen molar-refractivity contribution >= 4 is 0 Å². The number of methoxy groups -OCH3 is 1. The first kappa shape index (κ1) is 10.7.